The van der Waals surface area contributed by atoms with Crippen molar-refractivity contribution in [2.45, 2.75) is 27.2 Å². The number of nitrogens with one attached hydrogen (secondary N) is 2. The van der Waals surface area contributed by atoms with Gasteiger partial charge in [-0.3, -0.25) is 9.59 Å². The van der Waals surface area contributed by atoms with Crippen molar-refractivity contribution in [2.75, 3.05) is 6.54 Å². The van der Waals surface area contributed by atoms with E-state index in [2.05, 4.69) is 17.2 Å². The predicted molar refractivity (Wildman–Crippen MR) is 80.9 cm³/mol. The maximum Gasteiger partial charge on any atom is 0.232 e. The number of amides is 2. The lowest BCUT2D eigenvalue weighted by Crippen LogP contribution is -2.33. The van der Waals surface area contributed by atoms with Gasteiger partial charge in [-0.25, -0.2) is 0 Å². The molecule has 1 atom stereocenters. The van der Waals surface area contributed by atoms with E-state index in [1.807, 2.05) is 19.9 Å². The van der Waals surface area contributed by atoms with Crippen LogP contribution in [0.5, 0.6) is 0 Å². The van der Waals surface area contributed by atoms with Crippen molar-refractivity contribution in [3.05, 3.63) is 35.0 Å². The fourth-order valence-corrected chi connectivity index (χ4v) is 2.03. The second-order valence-corrected chi connectivity index (χ2v) is 5.71. The van der Waals surface area contributed by atoms with Crippen LogP contribution in [0.4, 0.5) is 0 Å². The predicted octanol–water partition coefficient (Wildman–Crippen LogP) is 2.48. The van der Waals surface area contributed by atoms with Gasteiger partial charge in [0, 0.05) is 23.2 Å². The Morgan fingerprint density at radius 3 is 2.65 bits per heavy atom. The molecule has 0 aliphatic heterocycles. The van der Waals surface area contributed by atoms with Crippen molar-refractivity contribution in [2.24, 2.45) is 11.8 Å². The second kappa shape index (κ2) is 7.29. The van der Waals surface area contributed by atoms with Gasteiger partial charge in [-0.05, 0) is 25.0 Å². The van der Waals surface area contributed by atoms with E-state index in [4.69, 9.17) is 11.6 Å². The summed E-state index contributed by atoms with van der Waals surface area (Å²) in [6, 6.07) is 0. The molecule has 0 radical (unpaired) electrons. The maximum absolute atomic E-state index is 12.0. The fourth-order valence-electron chi connectivity index (χ4n) is 1.79. The summed E-state index contributed by atoms with van der Waals surface area (Å²) in [5, 5.41) is 6.01. The first-order chi connectivity index (χ1) is 9.31. The lowest BCUT2D eigenvalue weighted by atomic mass is 9.93. The Labute approximate surface area is 124 Å². The normalized spacial score (nSPS) is 18.1. The monoisotopic (exact) mass is 296 g/mol. The largest absolute Gasteiger partial charge is 0.352 e. The summed E-state index contributed by atoms with van der Waals surface area (Å²) in [7, 11) is 0. The zero-order valence-corrected chi connectivity index (χ0v) is 12.9. The SMILES string of the molecule is C=C(C)NC(=O)C1CC(CNC(=O)C(C)C)=CC=C1Cl. The quantitative estimate of drug-likeness (QED) is 0.819. The van der Waals surface area contributed by atoms with Gasteiger partial charge in [0.25, 0.3) is 0 Å². The van der Waals surface area contributed by atoms with Gasteiger partial charge in [0.2, 0.25) is 11.8 Å². The molecule has 1 aliphatic carbocycles. The van der Waals surface area contributed by atoms with E-state index < -0.39 is 5.92 Å². The molecule has 1 unspecified atom stereocenters. The van der Waals surface area contributed by atoms with E-state index in [1.54, 1.807) is 13.0 Å². The number of carbonyl (C=O) groups is 2. The molecule has 0 bridgehead atoms. The van der Waals surface area contributed by atoms with Crippen LogP contribution in [-0.4, -0.2) is 18.4 Å². The minimum Gasteiger partial charge on any atom is -0.352 e. The number of rotatable bonds is 5. The molecule has 0 aromatic carbocycles. The number of carbonyl (C=O) groups excluding carboxylic acids is 2. The molecule has 0 saturated heterocycles. The van der Waals surface area contributed by atoms with Crippen molar-refractivity contribution in [3.63, 3.8) is 0 Å². The van der Waals surface area contributed by atoms with Gasteiger partial charge in [-0.2, -0.15) is 0 Å². The third kappa shape index (κ3) is 4.85. The van der Waals surface area contributed by atoms with Crippen molar-refractivity contribution in [1.29, 1.82) is 0 Å². The Morgan fingerprint density at radius 2 is 2.10 bits per heavy atom. The van der Waals surface area contributed by atoms with Crippen LogP contribution in [0.25, 0.3) is 0 Å². The van der Waals surface area contributed by atoms with E-state index in [-0.39, 0.29) is 17.7 Å². The summed E-state index contributed by atoms with van der Waals surface area (Å²) in [6.45, 7) is 9.48. The van der Waals surface area contributed by atoms with E-state index in [0.717, 1.165) is 5.57 Å². The van der Waals surface area contributed by atoms with Crippen molar-refractivity contribution >= 4 is 23.4 Å². The molecule has 0 fully saturated rings. The molecule has 4 nitrogen and oxygen atoms in total. The highest BCUT2D eigenvalue weighted by Crippen LogP contribution is 2.28. The van der Waals surface area contributed by atoms with Gasteiger partial charge in [0.1, 0.15) is 0 Å². The molecular formula is C15H21ClN2O2. The topological polar surface area (TPSA) is 58.2 Å². The first kappa shape index (κ1) is 16.5. The fraction of sp³-hybridized carbons (Fsp3) is 0.467. The highest BCUT2D eigenvalue weighted by atomic mass is 35.5. The average molecular weight is 297 g/mol. The third-order valence-electron chi connectivity index (χ3n) is 2.94. The standard InChI is InChI=1S/C15H21ClN2O2/c1-9(2)14(19)17-8-11-5-6-13(16)12(7-11)15(20)18-10(3)4/h5-6,9,12H,3,7-8H2,1-2,4H3,(H,17,19)(H,18,20). The van der Waals surface area contributed by atoms with Crippen molar-refractivity contribution in [3.8, 4) is 0 Å². The molecule has 0 heterocycles. The molecule has 2 N–H and O–H groups in total. The molecule has 20 heavy (non-hydrogen) atoms. The van der Waals surface area contributed by atoms with Gasteiger partial charge in [-0.1, -0.05) is 38.1 Å². The maximum atomic E-state index is 12.0. The second-order valence-electron chi connectivity index (χ2n) is 5.28. The molecule has 2 amide bonds. The first-order valence-corrected chi connectivity index (χ1v) is 6.98. The van der Waals surface area contributed by atoms with E-state index in [1.165, 1.54) is 0 Å². The van der Waals surface area contributed by atoms with Gasteiger partial charge < -0.3 is 10.6 Å². The van der Waals surface area contributed by atoms with Crippen molar-refractivity contribution in [1.82, 2.24) is 10.6 Å². The van der Waals surface area contributed by atoms with Crippen LogP contribution in [0.3, 0.4) is 0 Å². The molecule has 5 heteroatoms. The molecule has 0 spiro atoms. The summed E-state index contributed by atoms with van der Waals surface area (Å²) >= 11 is 6.08. The summed E-state index contributed by atoms with van der Waals surface area (Å²) in [5.41, 5.74) is 1.56. The zero-order valence-electron chi connectivity index (χ0n) is 12.1. The van der Waals surface area contributed by atoms with E-state index >= 15 is 0 Å². The van der Waals surface area contributed by atoms with Crippen LogP contribution in [-0.2, 0) is 9.59 Å². The van der Waals surface area contributed by atoms with Crippen LogP contribution >= 0.6 is 11.6 Å². The number of allylic oxidation sites excluding steroid dienone is 3. The van der Waals surface area contributed by atoms with Gasteiger partial charge in [0.15, 0.2) is 0 Å². The zero-order chi connectivity index (χ0) is 15.3. The smallest absolute Gasteiger partial charge is 0.232 e. The van der Waals surface area contributed by atoms with E-state index in [0.29, 0.717) is 23.7 Å². The Hall–Kier alpha value is -1.55. The first-order valence-electron chi connectivity index (χ1n) is 6.60. The molecule has 0 saturated carbocycles. The molecule has 0 aromatic rings. The third-order valence-corrected chi connectivity index (χ3v) is 3.33. The Morgan fingerprint density at radius 1 is 1.45 bits per heavy atom. The summed E-state index contributed by atoms with van der Waals surface area (Å²) in [6.07, 6.45) is 4.07. The number of halogens is 1. The molecule has 110 valence electrons. The number of hydrogen-bond donors (Lipinski definition) is 2. The van der Waals surface area contributed by atoms with Crippen molar-refractivity contribution < 1.29 is 9.59 Å². The summed E-state index contributed by atoms with van der Waals surface area (Å²) in [5.74, 6) is -0.640. The summed E-state index contributed by atoms with van der Waals surface area (Å²) < 4.78 is 0. The van der Waals surface area contributed by atoms with Crippen LogP contribution in [0.2, 0.25) is 0 Å². The summed E-state index contributed by atoms with van der Waals surface area (Å²) in [4.78, 5) is 23.5. The molecule has 0 aromatic heterocycles. The lowest BCUT2D eigenvalue weighted by Gasteiger charge is -2.21. The molecule has 1 rings (SSSR count). The van der Waals surface area contributed by atoms with Crippen LogP contribution in [0, 0.1) is 11.8 Å². The van der Waals surface area contributed by atoms with Gasteiger partial charge in [0.05, 0.1) is 5.92 Å². The highest BCUT2D eigenvalue weighted by molar-refractivity contribution is 6.31. The van der Waals surface area contributed by atoms with E-state index in [9.17, 15) is 9.59 Å². The minimum atomic E-state index is -0.413. The van der Waals surface area contributed by atoms with Crippen LogP contribution < -0.4 is 10.6 Å². The number of hydrogen-bond acceptors (Lipinski definition) is 2. The average Bonchev–Trinajstić information content (AvgIpc) is 2.36. The molecule has 1 aliphatic rings. The Bertz CT molecular complexity index is 478. The Kier molecular flexibility index (Phi) is 6.02. The Balaban J connectivity index is 2.63. The highest BCUT2D eigenvalue weighted by Gasteiger charge is 2.25. The molecular weight excluding hydrogens is 276 g/mol. The minimum absolute atomic E-state index is 0.00510. The van der Waals surface area contributed by atoms with Crippen LogP contribution in [0.15, 0.2) is 35.0 Å². The lowest BCUT2D eigenvalue weighted by molar-refractivity contribution is -0.123. The van der Waals surface area contributed by atoms with Gasteiger partial charge >= 0.3 is 0 Å². The van der Waals surface area contributed by atoms with Crippen LogP contribution in [0.1, 0.15) is 27.2 Å². The van der Waals surface area contributed by atoms with Gasteiger partial charge in [-0.15, -0.1) is 0 Å².